The highest BCUT2D eigenvalue weighted by molar-refractivity contribution is 7.92. The van der Waals surface area contributed by atoms with Crippen molar-refractivity contribution in [2.45, 2.75) is 32.9 Å². The zero-order valence-corrected chi connectivity index (χ0v) is 22.5. The molecule has 9 heteroatoms. The van der Waals surface area contributed by atoms with Crippen LogP contribution in [0.3, 0.4) is 0 Å². The summed E-state index contributed by atoms with van der Waals surface area (Å²) in [5, 5.41) is 1.15. The molecule has 1 amide bonds. The van der Waals surface area contributed by atoms with E-state index in [1.54, 1.807) is 51.4 Å². The van der Waals surface area contributed by atoms with Crippen molar-refractivity contribution in [3.8, 4) is 11.5 Å². The van der Waals surface area contributed by atoms with Gasteiger partial charge in [-0.3, -0.25) is 4.79 Å². The first kappa shape index (κ1) is 28.0. The molecule has 37 heavy (non-hydrogen) atoms. The average Bonchev–Trinajstić information content (AvgIpc) is 3.41. The van der Waals surface area contributed by atoms with Gasteiger partial charge in [0.2, 0.25) is 15.9 Å². The van der Waals surface area contributed by atoms with Gasteiger partial charge in [0.05, 0.1) is 33.6 Å². The molecule has 1 heterocycles. The van der Waals surface area contributed by atoms with E-state index in [1.165, 1.54) is 10.4 Å². The number of rotatable bonds is 13. The fourth-order valence-electron chi connectivity index (χ4n) is 3.79. The molecule has 0 spiro atoms. The van der Waals surface area contributed by atoms with Crippen molar-refractivity contribution in [3.05, 3.63) is 89.2 Å². The number of nitrogens with zero attached hydrogens (tertiary/aromatic N) is 2. The molecule has 3 aromatic rings. The van der Waals surface area contributed by atoms with Crippen LogP contribution < -0.4 is 9.47 Å². The lowest BCUT2D eigenvalue weighted by atomic mass is 10.1. The average molecular weight is 527 g/mol. The quantitative estimate of drug-likeness (QED) is 0.324. The summed E-state index contributed by atoms with van der Waals surface area (Å²) in [4.78, 5) is 15.1. The highest BCUT2D eigenvalue weighted by Gasteiger charge is 2.28. The van der Waals surface area contributed by atoms with E-state index in [0.29, 0.717) is 30.2 Å². The normalized spacial score (nSPS) is 11.8. The summed E-state index contributed by atoms with van der Waals surface area (Å²) >= 11 is 0. The van der Waals surface area contributed by atoms with Crippen LogP contribution in [0.15, 0.2) is 76.8 Å². The monoisotopic (exact) mass is 526 g/mol. The van der Waals surface area contributed by atoms with Crippen molar-refractivity contribution in [3.63, 3.8) is 0 Å². The molecule has 0 aliphatic carbocycles. The van der Waals surface area contributed by atoms with Crippen LogP contribution in [0.5, 0.6) is 11.5 Å². The summed E-state index contributed by atoms with van der Waals surface area (Å²) in [6, 6.07) is 17.9. The van der Waals surface area contributed by atoms with Crippen LogP contribution >= 0.6 is 0 Å². The number of sulfonamides is 1. The van der Waals surface area contributed by atoms with Gasteiger partial charge in [-0.15, -0.1) is 0 Å². The summed E-state index contributed by atoms with van der Waals surface area (Å²) in [7, 11) is -0.698. The number of hydrogen-bond acceptors (Lipinski definition) is 6. The number of furan rings is 1. The molecular formula is C28H34N2O6S. The predicted molar refractivity (Wildman–Crippen MR) is 144 cm³/mol. The maximum atomic E-state index is 13.5. The Hall–Kier alpha value is -3.56. The highest BCUT2D eigenvalue weighted by atomic mass is 32.2. The summed E-state index contributed by atoms with van der Waals surface area (Å²) in [6.07, 6.45) is 3.62. The zero-order chi connectivity index (χ0) is 26.8. The Morgan fingerprint density at radius 2 is 1.73 bits per heavy atom. The second-order valence-corrected chi connectivity index (χ2v) is 10.5. The van der Waals surface area contributed by atoms with Gasteiger partial charge in [0.1, 0.15) is 5.76 Å². The largest absolute Gasteiger partial charge is 0.493 e. The second kappa shape index (κ2) is 13.1. The van der Waals surface area contributed by atoms with Crippen molar-refractivity contribution in [1.82, 2.24) is 9.21 Å². The SMILES string of the molecule is COc1ccc(CCN(Cc2ccco2)C(=O)CN(C(C)C)S(=O)(=O)C=Cc2ccccc2)cc1OC. The van der Waals surface area contributed by atoms with Crippen LogP contribution in [0.2, 0.25) is 0 Å². The third kappa shape index (κ3) is 7.96. The molecule has 0 N–H and O–H groups in total. The minimum atomic E-state index is -3.84. The molecule has 0 aliphatic rings. The van der Waals surface area contributed by atoms with E-state index >= 15 is 0 Å². The first-order valence-corrected chi connectivity index (χ1v) is 13.5. The first-order valence-electron chi connectivity index (χ1n) is 12.0. The predicted octanol–water partition coefficient (Wildman–Crippen LogP) is 4.58. The highest BCUT2D eigenvalue weighted by Crippen LogP contribution is 2.28. The van der Waals surface area contributed by atoms with Gasteiger partial charge in [0, 0.05) is 18.0 Å². The molecule has 0 fully saturated rings. The molecule has 0 saturated carbocycles. The summed E-state index contributed by atoms with van der Waals surface area (Å²) in [6.45, 7) is 3.81. The van der Waals surface area contributed by atoms with Gasteiger partial charge in [-0.05, 0) is 61.7 Å². The Morgan fingerprint density at radius 3 is 2.35 bits per heavy atom. The van der Waals surface area contributed by atoms with E-state index in [0.717, 1.165) is 16.5 Å². The minimum absolute atomic E-state index is 0.227. The number of carbonyl (C=O) groups is 1. The number of benzene rings is 2. The topological polar surface area (TPSA) is 89.3 Å². The molecule has 198 valence electrons. The molecular weight excluding hydrogens is 492 g/mol. The van der Waals surface area contributed by atoms with Crippen LogP contribution in [-0.4, -0.2) is 56.9 Å². The number of methoxy groups -OCH3 is 2. The lowest BCUT2D eigenvalue weighted by Crippen LogP contribution is -2.45. The van der Waals surface area contributed by atoms with Gasteiger partial charge < -0.3 is 18.8 Å². The molecule has 0 aliphatic heterocycles. The van der Waals surface area contributed by atoms with E-state index in [4.69, 9.17) is 13.9 Å². The maximum absolute atomic E-state index is 13.5. The van der Waals surface area contributed by atoms with Crippen LogP contribution in [-0.2, 0) is 27.8 Å². The smallest absolute Gasteiger partial charge is 0.238 e. The summed E-state index contributed by atoms with van der Waals surface area (Å²) in [5.41, 5.74) is 1.71. The van der Waals surface area contributed by atoms with Crippen molar-refractivity contribution in [2.75, 3.05) is 27.3 Å². The van der Waals surface area contributed by atoms with Crippen molar-refractivity contribution < 1.29 is 27.1 Å². The van der Waals surface area contributed by atoms with Gasteiger partial charge in [0.15, 0.2) is 11.5 Å². The van der Waals surface area contributed by atoms with Gasteiger partial charge >= 0.3 is 0 Å². The maximum Gasteiger partial charge on any atom is 0.238 e. The number of carbonyl (C=O) groups excluding carboxylic acids is 1. The van der Waals surface area contributed by atoms with E-state index < -0.39 is 16.1 Å². The molecule has 2 aromatic carbocycles. The van der Waals surface area contributed by atoms with E-state index in [1.807, 2.05) is 48.5 Å². The molecule has 0 saturated heterocycles. The Kier molecular flexibility index (Phi) is 9.93. The van der Waals surface area contributed by atoms with Crippen LogP contribution in [0.4, 0.5) is 0 Å². The number of hydrogen-bond donors (Lipinski definition) is 0. The number of ether oxygens (including phenoxy) is 2. The first-order chi connectivity index (χ1) is 17.7. The van der Waals surface area contributed by atoms with Crippen molar-refractivity contribution >= 4 is 22.0 Å². The minimum Gasteiger partial charge on any atom is -0.493 e. The van der Waals surface area contributed by atoms with Crippen LogP contribution in [0.25, 0.3) is 6.08 Å². The van der Waals surface area contributed by atoms with E-state index in [9.17, 15) is 13.2 Å². The number of amides is 1. The van der Waals surface area contributed by atoms with Crippen molar-refractivity contribution in [2.24, 2.45) is 0 Å². The molecule has 0 unspecified atom stereocenters. The summed E-state index contributed by atoms with van der Waals surface area (Å²) < 4.78 is 43.7. The van der Waals surface area contributed by atoms with E-state index in [2.05, 4.69) is 0 Å². The van der Waals surface area contributed by atoms with Crippen LogP contribution in [0, 0.1) is 0 Å². The Morgan fingerprint density at radius 1 is 1.00 bits per heavy atom. The fourth-order valence-corrected chi connectivity index (χ4v) is 5.15. The lowest BCUT2D eigenvalue weighted by molar-refractivity contribution is -0.132. The summed E-state index contributed by atoms with van der Waals surface area (Å²) in [5.74, 6) is 1.52. The van der Waals surface area contributed by atoms with Gasteiger partial charge in [0.25, 0.3) is 0 Å². The second-order valence-electron chi connectivity index (χ2n) is 8.73. The van der Waals surface area contributed by atoms with Gasteiger partial charge in [-0.2, -0.15) is 4.31 Å². The molecule has 0 radical (unpaired) electrons. The molecule has 8 nitrogen and oxygen atoms in total. The fraction of sp³-hybridized carbons (Fsp3) is 0.321. The zero-order valence-electron chi connectivity index (χ0n) is 21.7. The molecule has 0 bridgehead atoms. The Balaban J connectivity index is 1.78. The third-order valence-corrected chi connectivity index (χ3v) is 7.51. The van der Waals surface area contributed by atoms with E-state index in [-0.39, 0.29) is 19.0 Å². The van der Waals surface area contributed by atoms with Gasteiger partial charge in [-0.25, -0.2) is 8.42 Å². The standard InChI is InChI=1S/C28H34N2O6S/c1-22(2)30(37(32,33)18-15-23-9-6-5-7-10-23)21-28(31)29(20-25-11-8-17-36-25)16-14-24-12-13-26(34-3)27(19-24)35-4/h5-13,15,17-19,22H,14,16,20-21H2,1-4H3. The molecule has 0 atom stereocenters. The Labute approximate surface area is 219 Å². The van der Waals surface area contributed by atoms with Crippen LogP contribution in [0.1, 0.15) is 30.7 Å². The molecule has 1 aromatic heterocycles. The molecule has 3 rings (SSSR count). The third-order valence-electron chi connectivity index (χ3n) is 5.82. The lowest BCUT2D eigenvalue weighted by Gasteiger charge is -2.28. The van der Waals surface area contributed by atoms with Crippen molar-refractivity contribution in [1.29, 1.82) is 0 Å². The Bertz CT molecular complexity index is 1270. The van der Waals surface area contributed by atoms with Gasteiger partial charge in [-0.1, -0.05) is 36.4 Å².